The Hall–Kier alpha value is -1.52. The highest BCUT2D eigenvalue weighted by molar-refractivity contribution is 9.10. The van der Waals surface area contributed by atoms with E-state index in [0.717, 1.165) is 28.6 Å². The number of anilines is 1. The maximum Gasteiger partial charge on any atom is 0.224 e. The third-order valence-electron chi connectivity index (χ3n) is 4.72. The summed E-state index contributed by atoms with van der Waals surface area (Å²) in [5, 5.41) is 3.12. The van der Waals surface area contributed by atoms with Gasteiger partial charge in [-0.2, -0.15) is 0 Å². The molecule has 0 aromatic heterocycles. The van der Waals surface area contributed by atoms with Crippen molar-refractivity contribution in [3.8, 4) is 0 Å². The Balaban J connectivity index is 0.00000208. The normalized spacial score (nSPS) is 15.0. The van der Waals surface area contributed by atoms with Crippen molar-refractivity contribution in [1.82, 2.24) is 5.32 Å². The third kappa shape index (κ3) is 4.31. The maximum absolute atomic E-state index is 12.2. The molecule has 5 heteroatoms. The number of nitrogens with two attached hydrogens (primary N) is 1. The van der Waals surface area contributed by atoms with Gasteiger partial charge in [0.15, 0.2) is 0 Å². The molecular weight excluding hydrogens is 388 g/mol. The molecule has 1 aliphatic carbocycles. The van der Waals surface area contributed by atoms with Crippen molar-refractivity contribution in [1.29, 1.82) is 0 Å². The summed E-state index contributed by atoms with van der Waals surface area (Å²) in [5.41, 5.74) is 8.79. The van der Waals surface area contributed by atoms with E-state index in [0.29, 0.717) is 13.0 Å². The fourth-order valence-electron chi connectivity index (χ4n) is 3.14. The first-order chi connectivity index (χ1) is 11.1. The lowest BCUT2D eigenvalue weighted by Gasteiger charge is -2.42. The standard InChI is InChI=1S/C19H21BrN2O.ClH/c20-16-4-1-3-15(12-16)19(9-2-10-19)13-22-18(23)11-14-5-7-17(21)8-6-14;/h1,3-8,12H,2,9-11,13,21H2,(H,22,23);1H. The van der Waals surface area contributed by atoms with Crippen molar-refractivity contribution >= 4 is 39.9 Å². The number of benzene rings is 2. The van der Waals surface area contributed by atoms with Gasteiger partial charge < -0.3 is 11.1 Å². The number of carbonyl (C=O) groups excluding carboxylic acids is 1. The number of halogens is 2. The van der Waals surface area contributed by atoms with Crippen molar-refractivity contribution in [2.24, 2.45) is 0 Å². The highest BCUT2D eigenvalue weighted by Crippen LogP contribution is 2.43. The molecule has 0 unspecified atom stereocenters. The molecule has 0 aliphatic heterocycles. The fourth-order valence-corrected chi connectivity index (χ4v) is 3.54. The fraction of sp³-hybridized carbons (Fsp3) is 0.316. The van der Waals surface area contributed by atoms with Crippen molar-refractivity contribution in [3.05, 3.63) is 64.1 Å². The van der Waals surface area contributed by atoms with Crippen LogP contribution in [0.5, 0.6) is 0 Å². The zero-order chi connectivity index (χ0) is 16.3. The molecule has 1 aliphatic rings. The highest BCUT2D eigenvalue weighted by Gasteiger charge is 2.38. The summed E-state index contributed by atoms with van der Waals surface area (Å²) in [6.45, 7) is 0.706. The van der Waals surface area contributed by atoms with Crippen LogP contribution in [0.2, 0.25) is 0 Å². The molecule has 2 aromatic carbocycles. The summed E-state index contributed by atoms with van der Waals surface area (Å²) >= 11 is 3.54. The average molecular weight is 410 g/mol. The maximum atomic E-state index is 12.2. The molecular formula is C19H22BrClN2O. The van der Waals surface area contributed by atoms with Crippen LogP contribution >= 0.6 is 28.3 Å². The third-order valence-corrected chi connectivity index (χ3v) is 5.21. The van der Waals surface area contributed by atoms with Gasteiger partial charge in [0.25, 0.3) is 0 Å². The predicted molar refractivity (Wildman–Crippen MR) is 104 cm³/mol. The molecule has 1 fully saturated rings. The monoisotopic (exact) mass is 408 g/mol. The molecule has 128 valence electrons. The minimum atomic E-state index is 0. The number of carbonyl (C=O) groups is 1. The van der Waals surface area contributed by atoms with Crippen LogP contribution in [-0.4, -0.2) is 12.5 Å². The van der Waals surface area contributed by atoms with Crippen LogP contribution in [0.15, 0.2) is 53.0 Å². The van der Waals surface area contributed by atoms with Gasteiger partial charge in [0.1, 0.15) is 0 Å². The number of hydrogen-bond acceptors (Lipinski definition) is 2. The van der Waals surface area contributed by atoms with Gasteiger partial charge in [-0.25, -0.2) is 0 Å². The second-order valence-electron chi connectivity index (χ2n) is 6.34. The van der Waals surface area contributed by atoms with Crippen LogP contribution in [-0.2, 0) is 16.6 Å². The Morgan fingerprint density at radius 3 is 2.46 bits per heavy atom. The van der Waals surface area contributed by atoms with Crippen LogP contribution in [0.1, 0.15) is 30.4 Å². The van der Waals surface area contributed by atoms with E-state index < -0.39 is 0 Å². The van der Waals surface area contributed by atoms with Crippen molar-refractivity contribution in [2.45, 2.75) is 31.1 Å². The summed E-state index contributed by atoms with van der Waals surface area (Å²) < 4.78 is 1.09. The van der Waals surface area contributed by atoms with Gasteiger partial charge in [-0.3, -0.25) is 4.79 Å². The Morgan fingerprint density at radius 2 is 1.88 bits per heavy atom. The molecule has 0 radical (unpaired) electrons. The molecule has 1 amide bonds. The number of rotatable bonds is 5. The van der Waals surface area contributed by atoms with E-state index in [9.17, 15) is 4.79 Å². The number of hydrogen-bond donors (Lipinski definition) is 2. The second-order valence-corrected chi connectivity index (χ2v) is 7.25. The quantitative estimate of drug-likeness (QED) is 0.726. The van der Waals surface area contributed by atoms with E-state index in [1.54, 1.807) is 0 Å². The van der Waals surface area contributed by atoms with E-state index >= 15 is 0 Å². The number of amides is 1. The lowest BCUT2D eigenvalue weighted by Crippen LogP contribution is -2.45. The Bertz CT molecular complexity index is 699. The van der Waals surface area contributed by atoms with E-state index in [1.165, 1.54) is 12.0 Å². The van der Waals surface area contributed by atoms with Crippen LogP contribution in [0, 0.1) is 0 Å². The van der Waals surface area contributed by atoms with Crippen LogP contribution < -0.4 is 11.1 Å². The van der Waals surface area contributed by atoms with Gasteiger partial charge in [0, 0.05) is 22.1 Å². The largest absolute Gasteiger partial charge is 0.399 e. The SMILES string of the molecule is Cl.Nc1ccc(CC(=O)NCC2(c3cccc(Br)c3)CCC2)cc1. The molecule has 3 N–H and O–H groups in total. The molecule has 1 saturated carbocycles. The molecule has 0 bridgehead atoms. The molecule has 0 spiro atoms. The number of nitrogens with one attached hydrogen (secondary N) is 1. The van der Waals surface area contributed by atoms with Gasteiger partial charge >= 0.3 is 0 Å². The van der Waals surface area contributed by atoms with Gasteiger partial charge in [0.2, 0.25) is 5.91 Å². The Morgan fingerprint density at radius 1 is 1.17 bits per heavy atom. The molecule has 0 atom stereocenters. The van der Waals surface area contributed by atoms with Gasteiger partial charge in [-0.05, 0) is 48.2 Å². The summed E-state index contributed by atoms with van der Waals surface area (Å²) in [5.74, 6) is 0.0658. The summed E-state index contributed by atoms with van der Waals surface area (Å²) in [6.07, 6.45) is 3.88. The first kappa shape index (κ1) is 18.8. The molecule has 24 heavy (non-hydrogen) atoms. The van der Waals surface area contributed by atoms with E-state index in [-0.39, 0.29) is 23.7 Å². The van der Waals surface area contributed by atoms with Crippen LogP contribution in [0.25, 0.3) is 0 Å². The van der Waals surface area contributed by atoms with E-state index in [2.05, 4.69) is 39.4 Å². The summed E-state index contributed by atoms with van der Waals surface area (Å²) in [7, 11) is 0. The van der Waals surface area contributed by atoms with Crippen LogP contribution in [0.4, 0.5) is 5.69 Å². The molecule has 0 saturated heterocycles. The lowest BCUT2D eigenvalue weighted by molar-refractivity contribution is -0.120. The first-order valence-electron chi connectivity index (χ1n) is 7.95. The van der Waals surface area contributed by atoms with Gasteiger partial charge in [-0.15, -0.1) is 12.4 Å². The molecule has 3 rings (SSSR count). The Labute approximate surface area is 157 Å². The molecule has 2 aromatic rings. The minimum absolute atomic E-state index is 0. The lowest BCUT2D eigenvalue weighted by atomic mass is 9.64. The highest BCUT2D eigenvalue weighted by atomic mass is 79.9. The van der Waals surface area contributed by atoms with E-state index in [4.69, 9.17) is 5.73 Å². The predicted octanol–water partition coefficient (Wildman–Crippen LogP) is 4.23. The van der Waals surface area contributed by atoms with E-state index in [1.807, 2.05) is 30.3 Å². The number of nitrogen functional groups attached to an aromatic ring is 1. The topological polar surface area (TPSA) is 55.1 Å². The van der Waals surface area contributed by atoms with Crippen molar-refractivity contribution < 1.29 is 4.79 Å². The smallest absolute Gasteiger partial charge is 0.224 e. The summed E-state index contributed by atoms with van der Waals surface area (Å²) in [6, 6.07) is 15.9. The average Bonchev–Trinajstić information content (AvgIpc) is 2.49. The minimum Gasteiger partial charge on any atom is -0.399 e. The zero-order valence-corrected chi connectivity index (χ0v) is 15.8. The molecule has 3 nitrogen and oxygen atoms in total. The first-order valence-corrected chi connectivity index (χ1v) is 8.74. The van der Waals surface area contributed by atoms with Crippen molar-refractivity contribution in [3.63, 3.8) is 0 Å². The summed E-state index contributed by atoms with van der Waals surface area (Å²) in [4.78, 5) is 12.2. The molecule has 0 heterocycles. The second kappa shape index (κ2) is 8.04. The van der Waals surface area contributed by atoms with Crippen LogP contribution in [0.3, 0.4) is 0 Å². The van der Waals surface area contributed by atoms with Gasteiger partial charge in [-0.1, -0.05) is 46.6 Å². The van der Waals surface area contributed by atoms with Gasteiger partial charge in [0.05, 0.1) is 6.42 Å². The Kier molecular flexibility index (Phi) is 6.30. The zero-order valence-electron chi connectivity index (χ0n) is 13.4. The van der Waals surface area contributed by atoms with Crippen molar-refractivity contribution in [2.75, 3.05) is 12.3 Å².